The minimum atomic E-state index is 0.528. The first-order chi connectivity index (χ1) is 9.70. The third-order valence-electron chi connectivity index (χ3n) is 3.19. The van der Waals surface area contributed by atoms with E-state index in [1.807, 2.05) is 24.4 Å². The van der Waals surface area contributed by atoms with E-state index in [9.17, 15) is 0 Å². The van der Waals surface area contributed by atoms with Crippen molar-refractivity contribution in [2.24, 2.45) is 0 Å². The van der Waals surface area contributed by atoms with Crippen molar-refractivity contribution in [3.63, 3.8) is 0 Å². The highest BCUT2D eigenvalue weighted by molar-refractivity contribution is 14.1. The molecule has 2 heterocycles. The molecule has 0 aliphatic heterocycles. The zero-order valence-corrected chi connectivity index (χ0v) is 13.1. The van der Waals surface area contributed by atoms with Crippen LogP contribution in [0.1, 0.15) is 12.6 Å². The van der Waals surface area contributed by atoms with Crippen LogP contribution in [0.2, 0.25) is 0 Å². The molecule has 5 heteroatoms. The smallest absolute Gasteiger partial charge is 0.164 e. The molecule has 1 aromatic carbocycles. The van der Waals surface area contributed by atoms with Gasteiger partial charge in [-0.05, 0) is 34.4 Å². The highest BCUT2D eigenvalue weighted by Crippen LogP contribution is 2.27. The van der Waals surface area contributed by atoms with Crippen molar-refractivity contribution >= 4 is 39.2 Å². The number of benzene rings is 1. The zero-order chi connectivity index (χ0) is 14.1. The number of anilines is 1. The van der Waals surface area contributed by atoms with Crippen molar-refractivity contribution in [1.82, 2.24) is 15.0 Å². The van der Waals surface area contributed by atoms with E-state index >= 15 is 0 Å². The Morgan fingerprint density at radius 2 is 1.95 bits per heavy atom. The number of fused-ring (bicyclic) bond motifs is 1. The average Bonchev–Trinajstić information content (AvgIpc) is 2.49. The van der Waals surface area contributed by atoms with Gasteiger partial charge in [-0.15, -0.1) is 0 Å². The lowest BCUT2D eigenvalue weighted by Crippen LogP contribution is -2.04. The number of hydrogen-bond acceptors (Lipinski definition) is 4. The quantitative estimate of drug-likeness (QED) is 0.696. The summed E-state index contributed by atoms with van der Waals surface area (Å²) in [6.07, 6.45) is 4.47. The molecule has 0 unspecified atom stereocenters. The van der Waals surface area contributed by atoms with Gasteiger partial charge in [0.05, 0.1) is 9.26 Å². The topological polar surface area (TPSA) is 64.7 Å². The zero-order valence-electron chi connectivity index (χ0n) is 11.0. The molecule has 2 aromatic heterocycles. The summed E-state index contributed by atoms with van der Waals surface area (Å²) in [6, 6.07) is 8.08. The number of halogens is 1. The second-order valence-electron chi connectivity index (χ2n) is 4.45. The second-order valence-corrected chi connectivity index (χ2v) is 5.53. The summed E-state index contributed by atoms with van der Waals surface area (Å²) in [5, 5.41) is 2.16. The number of nitrogen functional groups attached to an aromatic ring is 1. The van der Waals surface area contributed by atoms with Crippen LogP contribution in [0.25, 0.3) is 22.2 Å². The SMILES string of the molecule is CCc1nc(-c2cncc3ccccc23)nc(N)c1I. The number of pyridine rings is 1. The fourth-order valence-electron chi connectivity index (χ4n) is 2.16. The van der Waals surface area contributed by atoms with Crippen molar-refractivity contribution in [3.05, 3.63) is 45.9 Å². The Morgan fingerprint density at radius 1 is 1.15 bits per heavy atom. The van der Waals surface area contributed by atoms with Gasteiger partial charge in [-0.3, -0.25) is 4.98 Å². The Hall–Kier alpha value is -1.76. The molecule has 20 heavy (non-hydrogen) atoms. The standard InChI is InChI=1S/C15H13IN4/c1-2-12-13(16)14(17)20-15(19-12)11-8-18-7-9-5-3-4-6-10(9)11/h3-8H,2H2,1H3,(H2,17,19,20). The van der Waals surface area contributed by atoms with E-state index in [1.165, 1.54) is 0 Å². The first-order valence-corrected chi connectivity index (χ1v) is 7.43. The van der Waals surface area contributed by atoms with Crippen LogP contribution < -0.4 is 5.73 Å². The normalized spacial score (nSPS) is 10.9. The van der Waals surface area contributed by atoms with Crippen molar-refractivity contribution < 1.29 is 0 Å². The Kier molecular flexibility index (Phi) is 3.52. The van der Waals surface area contributed by atoms with E-state index in [2.05, 4.69) is 50.5 Å². The summed E-state index contributed by atoms with van der Waals surface area (Å²) in [4.78, 5) is 13.3. The molecular formula is C15H13IN4. The highest BCUT2D eigenvalue weighted by atomic mass is 127. The number of nitrogens with two attached hydrogens (primary N) is 1. The van der Waals surface area contributed by atoms with Crippen LogP contribution in [0.3, 0.4) is 0 Å². The molecule has 0 aliphatic rings. The predicted octanol–water partition coefficient (Wildman–Crippen LogP) is 3.44. The van der Waals surface area contributed by atoms with Crippen LogP contribution in [0.5, 0.6) is 0 Å². The second kappa shape index (κ2) is 5.32. The van der Waals surface area contributed by atoms with Gasteiger partial charge in [-0.25, -0.2) is 9.97 Å². The van der Waals surface area contributed by atoms with Crippen LogP contribution >= 0.6 is 22.6 Å². The molecule has 100 valence electrons. The lowest BCUT2D eigenvalue weighted by molar-refractivity contribution is 0.994. The minimum absolute atomic E-state index is 0.528. The van der Waals surface area contributed by atoms with Crippen LogP contribution in [0.15, 0.2) is 36.7 Å². The van der Waals surface area contributed by atoms with Gasteiger partial charge in [-0.2, -0.15) is 0 Å². The highest BCUT2D eigenvalue weighted by Gasteiger charge is 2.12. The molecule has 4 nitrogen and oxygen atoms in total. The summed E-state index contributed by atoms with van der Waals surface area (Å²) < 4.78 is 0.932. The molecule has 0 fully saturated rings. The third-order valence-corrected chi connectivity index (χ3v) is 4.36. The van der Waals surface area contributed by atoms with Gasteiger partial charge in [-0.1, -0.05) is 31.2 Å². The monoisotopic (exact) mass is 376 g/mol. The van der Waals surface area contributed by atoms with Gasteiger partial charge in [0, 0.05) is 23.3 Å². The van der Waals surface area contributed by atoms with Crippen molar-refractivity contribution in [2.75, 3.05) is 5.73 Å². The van der Waals surface area contributed by atoms with E-state index < -0.39 is 0 Å². The number of aryl methyl sites for hydroxylation is 1. The van der Waals surface area contributed by atoms with E-state index in [0.717, 1.165) is 32.0 Å². The molecule has 0 saturated carbocycles. The molecule has 0 amide bonds. The molecule has 0 atom stereocenters. The van der Waals surface area contributed by atoms with E-state index in [0.29, 0.717) is 11.6 Å². The molecule has 0 aliphatic carbocycles. The van der Waals surface area contributed by atoms with E-state index in [4.69, 9.17) is 5.73 Å². The predicted molar refractivity (Wildman–Crippen MR) is 89.3 cm³/mol. The van der Waals surface area contributed by atoms with Gasteiger partial charge in [0.25, 0.3) is 0 Å². The Labute approximate surface area is 130 Å². The number of nitrogens with zero attached hydrogens (tertiary/aromatic N) is 3. The molecule has 0 bridgehead atoms. The van der Waals surface area contributed by atoms with Gasteiger partial charge >= 0.3 is 0 Å². The molecule has 0 spiro atoms. The van der Waals surface area contributed by atoms with Crippen molar-refractivity contribution in [2.45, 2.75) is 13.3 Å². The Morgan fingerprint density at radius 3 is 2.75 bits per heavy atom. The van der Waals surface area contributed by atoms with Gasteiger partial charge in [0.15, 0.2) is 5.82 Å². The molecular weight excluding hydrogens is 363 g/mol. The fourth-order valence-corrected chi connectivity index (χ4v) is 2.78. The fraction of sp³-hybridized carbons (Fsp3) is 0.133. The van der Waals surface area contributed by atoms with Crippen molar-refractivity contribution in [3.8, 4) is 11.4 Å². The summed E-state index contributed by atoms with van der Waals surface area (Å²) in [7, 11) is 0. The van der Waals surface area contributed by atoms with Crippen LogP contribution in [0, 0.1) is 3.57 Å². The average molecular weight is 376 g/mol. The van der Waals surface area contributed by atoms with Crippen LogP contribution in [-0.2, 0) is 6.42 Å². The Bertz CT molecular complexity index is 781. The minimum Gasteiger partial charge on any atom is -0.383 e. The molecule has 2 N–H and O–H groups in total. The first-order valence-electron chi connectivity index (χ1n) is 6.35. The van der Waals surface area contributed by atoms with Gasteiger partial charge in [0.1, 0.15) is 5.82 Å². The van der Waals surface area contributed by atoms with Crippen LogP contribution in [-0.4, -0.2) is 15.0 Å². The largest absolute Gasteiger partial charge is 0.383 e. The lowest BCUT2D eigenvalue weighted by Gasteiger charge is -2.09. The molecule has 0 saturated heterocycles. The molecule has 3 aromatic rings. The number of rotatable bonds is 2. The first kappa shape index (κ1) is 13.2. The number of aromatic nitrogens is 3. The maximum absolute atomic E-state index is 6.00. The van der Waals surface area contributed by atoms with Gasteiger partial charge < -0.3 is 5.73 Å². The summed E-state index contributed by atoms with van der Waals surface area (Å²) in [5.41, 5.74) is 7.89. The summed E-state index contributed by atoms with van der Waals surface area (Å²) in [6.45, 7) is 2.06. The lowest BCUT2D eigenvalue weighted by atomic mass is 10.1. The molecule has 0 radical (unpaired) electrons. The van der Waals surface area contributed by atoms with E-state index in [1.54, 1.807) is 6.20 Å². The summed E-state index contributed by atoms with van der Waals surface area (Å²) in [5.74, 6) is 1.17. The maximum atomic E-state index is 6.00. The Balaban J connectivity index is 2.28. The van der Waals surface area contributed by atoms with Crippen molar-refractivity contribution in [1.29, 1.82) is 0 Å². The third kappa shape index (κ3) is 2.22. The number of hydrogen-bond donors (Lipinski definition) is 1. The molecule has 3 rings (SSSR count). The van der Waals surface area contributed by atoms with Crippen LogP contribution in [0.4, 0.5) is 5.82 Å². The summed E-state index contributed by atoms with van der Waals surface area (Å²) >= 11 is 2.19. The van der Waals surface area contributed by atoms with E-state index in [-0.39, 0.29) is 0 Å². The van der Waals surface area contributed by atoms with Gasteiger partial charge in [0.2, 0.25) is 0 Å². The maximum Gasteiger partial charge on any atom is 0.164 e.